The third-order valence-corrected chi connectivity index (χ3v) is 13.8. The maximum Gasteiger partial charge on any atom is 0.117 e. The molecule has 4 aromatic heterocycles. The molecular weight excluding hydrogens is 769 g/mol. The first-order valence-electron chi connectivity index (χ1n) is 9.16. The highest BCUT2D eigenvalue weighted by Gasteiger charge is 2.24. The van der Waals surface area contributed by atoms with Crippen LogP contribution in [0.15, 0.2) is 40.9 Å². The standard InChI is InChI=1S/C22H8BBrI2O2S4/c23-13-15(9-3-1-7(27)5-11(9)25)29-19-17(13)31-22-20-18(32-21(19)22)14(24)16(30-20)10-4-2-8(28)6-12(10)26/h1-6,27-28H. The molecule has 0 unspecified atom stereocenters. The van der Waals surface area contributed by atoms with E-state index in [4.69, 9.17) is 7.85 Å². The van der Waals surface area contributed by atoms with Crippen LogP contribution in [0.4, 0.5) is 0 Å². The summed E-state index contributed by atoms with van der Waals surface area (Å²) in [5, 5.41) is 19.5. The molecule has 6 aromatic rings. The molecule has 0 saturated heterocycles. The molecule has 0 aliphatic carbocycles. The molecule has 2 aromatic carbocycles. The lowest BCUT2D eigenvalue weighted by Gasteiger charge is -2.04. The topological polar surface area (TPSA) is 40.5 Å². The highest BCUT2D eigenvalue weighted by atomic mass is 127. The van der Waals surface area contributed by atoms with Crippen LogP contribution in [0.1, 0.15) is 0 Å². The smallest absolute Gasteiger partial charge is 0.117 e. The van der Waals surface area contributed by atoms with Gasteiger partial charge in [-0.15, -0.1) is 45.3 Å². The summed E-state index contributed by atoms with van der Waals surface area (Å²) in [4.78, 5) is 2.24. The number of hydrogen-bond acceptors (Lipinski definition) is 6. The van der Waals surface area contributed by atoms with Crippen LogP contribution in [0, 0.1) is 7.14 Å². The Labute approximate surface area is 235 Å². The molecular formula is C22H8BBrI2O2S4. The van der Waals surface area contributed by atoms with Gasteiger partial charge in [0, 0.05) is 27.8 Å². The lowest BCUT2D eigenvalue weighted by atomic mass is 9.94. The van der Waals surface area contributed by atoms with Gasteiger partial charge < -0.3 is 10.2 Å². The summed E-state index contributed by atoms with van der Waals surface area (Å²) in [5.74, 6) is 0.544. The predicted octanol–water partition coefficient (Wildman–Crippen LogP) is 8.90. The monoisotopic (exact) mass is 776 g/mol. The third-order valence-electron chi connectivity index (χ3n) is 5.13. The maximum absolute atomic E-state index is 9.78. The molecule has 0 bridgehead atoms. The van der Waals surface area contributed by atoms with E-state index in [2.05, 4.69) is 61.1 Å². The van der Waals surface area contributed by atoms with Gasteiger partial charge in [-0.2, -0.15) is 0 Å². The fourth-order valence-corrected chi connectivity index (χ4v) is 12.4. The zero-order chi connectivity index (χ0) is 22.3. The zero-order valence-electron chi connectivity index (χ0n) is 15.7. The second-order valence-electron chi connectivity index (χ2n) is 7.10. The quantitative estimate of drug-likeness (QED) is 0.136. The molecule has 0 fully saturated rings. The molecule has 2 radical (unpaired) electrons. The Bertz CT molecular complexity index is 1590. The first-order valence-corrected chi connectivity index (χ1v) is 15.4. The van der Waals surface area contributed by atoms with Crippen molar-refractivity contribution < 1.29 is 10.2 Å². The van der Waals surface area contributed by atoms with Crippen molar-refractivity contribution in [2.24, 2.45) is 0 Å². The van der Waals surface area contributed by atoms with Crippen molar-refractivity contribution in [2.45, 2.75) is 0 Å². The number of phenols is 2. The second kappa shape index (κ2) is 8.09. The lowest BCUT2D eigenvalue weighted by Crippen LogP contribution is -2.02. The van der Waals surface area contributed by atoms with E-state index in [0.29, 0.717) is 0 Å². The average molecular weight is 777 g/mol. The van der Waals surface area contributed by atoms with Crippen LogP contribution in [-0.4, -0.2) is 18.1 Å². The van der Waals surface area contributed by atoms with Gasteiger partial charge in [0.05, 0.1) is 32.8 Å². The molecule has 10 heteroatoms. The van der Waals surface area contributed by atoms with Crippen LogP contribution in [0.5, 0.6) is 11.5 Å². The summed E-state index contributed by atoms with van der Waals surface area (Å²) < 4.78 is 10.6. The lowest BCUT2D eigenvalue weighted by molar-refractivity contribution is 0.474. The maximum atomic E-state index is 9.78. The van der Waals surface area contributed by atoms with Crippen LogP contribution in [-0.2, 0) is 0 Å². The summed E-state index contributed by atoms with van der Waals surface area (Å²) in [6.07, 6.45) is 0. The minimum atomic E-state index is 0.264. The van der Waals surface area contributed by atoms with Crippen molar-refractivity contribution in [3.63, 3.8) is 0 Å². The van der Waals surface area contributed by atoms with Crippen molar-refractivity contribution in [1.29, 1.82) is 0 Å². The fraction of sp³-hybridized carbons (Fsp3) is 0. The summed E-state index contributed by atoms with van der Waals surface area (Å²) in [5.41, 5.74) is 3.00. The second-order valence-corrected chi connectivity index (χ2v) is 14.3. The number of benzene rings is 2. The minimum Gasteiger partial charge on any atom is -0.508 e. The van der Waals surface area contributed by atoms with Crippen LogP contribution in [0.25, 0.3) is 49.1 Å². The van der Waals surface area contributed by atoms with E-state index in [1.807, 2.05) is 23.5 Å². The van der Waals surface area contributed by atoms with Gasteiger partial charge in [-0.3, -0.25) is 0 Å². The van der Waals surface area contributed by atoms with Gasteiger partial charge in [-0.1, -0.05) is 5.46 Å². The summed E-state index contributed by atoms with van der Waals surface area (Å²) in [6, 6.07) is 10.9. The fourth-order valence-electron chi connectivity index (χ4n) is 3.66. The summed E-state index contributed by atoms with van der Waals surface area (Å²) in [7, 11) is 6.63. The van der Waals surface area contributed by atoms with Crippen molar-refractivity contribution in [3.05, 3.63) is 48.0 Å². The van der Waals surface area contributed by atoms with Crippen LogP contribution in [0.2, 0.25) is 0 Å². The molecule has 156 valence electrons. The van der Waals surface area contributed by atoms with Gasteiger partial charge in [0.15, 0.2) is 0 Å². The Morgan fingerprint density at radius 1 is 0.656 bits per heavy atom. The SMILES string of the molecule is [B]c1c(-c2ccc(O)cc2I)sc2c1sc1c3sc(-c4ccc(O)cc4I)c(Br)c3sc21. The molecule has 0 saturated carbocycles. The molecule has 2 N–H and O–H groups in total. The van der Waals surface area contributed by atoms with Crippen LogP contribution in [0.3, 0.4) is 0 Å². The first kappa shape index (κ1) is 22.1. The predicted molar refractivity (Wildman–Crippen MR) is 163 cm³/mol. The van der Waals surface area contributed by atoms with Crippen molar-refractivity contribution in [2.75, 3.05) is 0 Å². The number of hydrogen-bond donors (Lipinski definition) is 2. The van der Waals surface area contributed by atoms with Crippen molar-refractivity contribution in [3.8, 4) is 32.4 Å². The van der Waals surface area contributed by atoms with E-state index in [9.17, 15) is 10.2 Å². The largest absolute Gasteiger partial charge is 0.508 e. The third kappa shape index (κ3) is 3.31. The van der Waals surface area contributed by atoms with Gasteiger partial charge in [-0.05, 0) is 97.5 Å². The van der Waals surface area contributed by atoms with Crippen LogP contribution < -0.4 is 5.46 Å². The first-order chi connectivity index (χ1) is 15.3. The molecule has 32 heavy (non-hydrogen) atoms. The Balaban J connectivity index is 1.57. The van der Waals surface area contributed by atoms with Gasteiger partial charge >= 0.3 is 0 Å². The summed E-state index contributed by atoms with van der Waals surface area (Å²) in [6.45, 7) is 0. The Hall–Kier alpha value is -0.375. The van der Waals surface area contributed by atoms with Crippen molar-refractivity contribution >= 4 is 148 Å². The molecule has 2 nitrogen and oxygen atoms in total. The average Bonchev–Trinajstić information content (AvgIpc) is 3.43. The molecule has 0 aliphatic rings. The Morgan fingerprint density at radius 2 is 1.12 bits per heavy atom. The number of rotatable bonds is 2. The molecule has 0 amide bonds. The molecule has 0 aliphatic heterocycles. The Morgan fingerprint density at radius 3 is 1.72 bits per heavy atom. The number of aromatic hydroxyl groups is 2. The van der Waals surface area contributed by atoms with E-state index in [1.54, 1.807) is 58.3 Å². The number of halogens is 3. The molecule has 6 rings (SSSR count). The van der Waals surface area contributed by atoms with Gasteiger partial charge in [0.25, 0.3) is 0 Å². The number of phenolic OH excluding ortho intramolecular Hbond substituents is 2. The van der Waals surface area contributed by atoms with E-state index >= 15 is 0 Å². The molecule has 4 heterocycles. The highest BCUT2D eigenvalue weighted by Crippen LogP contribution is 2.55. The van der Waals surface area contributed by atoms with Crippen molar-refractivity contribution in [1.82, 2.24) is 0 Å². The number of fused-ring (bicyclic) bond motifs is 5. The molecule has 0 atom stereocenters. The highest BCUT2D eigenvalue weighted by molar-refractivity contribution is 14.1. The van der Waals surface area contributed by atoms with E-state index < -0.39 is 0 Å². The minimum absolute atomic E-state index is 0.264. The van der Waals surface area contributed by atoms with Gasteiger partial charge in [-0.25, -0.2) is 0 Å². The zero-order valence-corrected chi connectivity index (χ0v) is 24.9. The summed E-state index contributed by atoms with van der Waals surface area (Å²) >= 11 is 15.5. The van der Waals surface area contributed by atoms with E-state index in [-0.39, 0.29) is 11.5 Å². The Kier molecular flexibility index (Phi) is 5.59. The van der Waals surface area contributed by atoms with Crippen LogP contribution >= 0.6 is 106 Å². The van der Waals surface area contributed by atoms with Gasteiger partial charge in [0.2, 0.25) is 0 Å². The number of thiophene rings is 4. The van der Waals surface area contributed by atoms with Gasteiger partial charge in [0.1, 0.15) is 19.3 Å². The van der Waals surface area contributed by atoms with E-state index in [1.165, 1.54) is 28.4 Å². The normalized spacial score (nSPS) is 12.0. The molecule has 0 spiro atoms. The van der Waals surface area contributed by atoms with E-state index in [0.717, 1.165) is 37.8 Å².